The van der Waals surface area contributed by atoms with Gasteiger partial charge in [0.1, 0.15) is 6.61 Å². The van der Waals surface area contributed by atoms with Crippen molar-refractivity contribution < 1.29 is 14.3 Å². The maximum absolute atomic E-state index is 12.1. The van der Waals surface area contributed by atoms with Gasteiger partial charge in [0.15, 0.2) is 0 Å². The van der Waals surface area contributed by atoms with Crippen LogP contribution in [0.5, 0.6) is 0 Å². The first-order valence-corrected chi connectivity index (χ1v) is 9.76. The van der Waals surface area contributed by atoms with Gasteiger partial charge in [-0.15, -0.1) is 0 Å². The van der Waals surface area contributed by atoms with Crippen LogP contribution in [0.4, 0.5) is 10.5 Å². The van der Waals surface area contributed by atoms with E-state index in [1.165, 1.54) is 0 Å². The summed E-state index contributed by atoms with van der Waals surface area (Å²) in [6.07, 6.45) is 5.72. The molecule has 9 nitrogen and oxygen atoms in total. The minimum absolute atomic E-state index is 0.0358. The molecule has 0 bridgehead atoms. The van der Waals surface area contributed by atoms with Gasteiger partial charge in [0, 0.05) is 65.7 Å². The van der Waals surface area contributed by atoms with E-state index in [4.69, 9.17) is 4.74 Å². The van der Waals surface area contributed by atoms with E-state index >= 15 is 0 Å². The van der Waals surface area contributed by atoms with Gasteiger partial charge in [-0.25, -0.2) is 4.79 Å². The summed E-state index contributed by atoms with van der Waals surface area (Å²) in [5, 5.41) is 4.51. The summed E-state index contributed by atoms with van der Waals surface area (Å²) < 4.78 is 7.29. The number of ether oxygens (including phenoxy) is 1. The van der Waals surface area contributed by atoms with Gasteiger partial charge in [0.2, 0.25) is 5.91 Å². The highest BCUT2D eigenvalue weighted by Crippen LogP contribution is 2.25. The normalized spacial score (nSPS) is 24.9. The second kappa shape index (κ2) is 7.85. The minimum atomic E-state index is 0.0358. The molecule has 9 heteroatoms. The Kier molecular flexibility index (Phi) is 5.31. The van der Waals surface area contributed by atoms with E-state index in [0.717, 1.165) is 57.8 Å². The molecule has 27 heavy (non-hydrogen) atoms. The van der Waals surface area contributed by atoms with Crippen molar-refractivity contribution in [2.75, 3.05) is 71.0 Å². The van der Waals surface area contributed by atoms with Crippen LogP contribution in [0.2, 0.25) is 0 Å². The van der Waals surface area contributed by atoms with Crippen LogP contribution in [0.25, 0.3) is 0 Å². The molecule has 1 aromatic rings. The lowest BCUT2D eigenvalue weighted by Gasteiger charge is -2.23. The van der Waals surface area contributed by atoms with Crippen LogP contribution in [0.15, 0.2) is 12.4 Å². The number of likely N-dealkylation sites (tertiary alicyclic amines) is 1. The Balaban J connectivity index is 1.29. The van der Waals surface area contributed by atoms with Gasteiger partial charge in [0.25, 0.3) is 0 Å². The number of anilines is 1. The van der Waals surface area contributed by atoms with E-state index in [-0.39, 0.29) is 18.5 Å². The van der Waals surface area contributed by atoms with E-state index in [9.17, 15) is 9.59 Å². The molecule has 0 radical (unpaired) electrons. The Bertz CT molecular complexity index is 692. The predicted molar refractivity (Wildman–Crippen MR) is 99.7 cm³/mol. The van der Waals surface area contributed by atoms with Gasteiger partial charge in [-0.3, -0.25) is 19.3 Å². The van der Waals surface area contributed by atoms with Gasteiger partial charge < -0.3 is 14.5 Å². The molecule has 0 spiro atoms. The van der Waals surface area contributed by atoms with Crippen LogP contribution >= 0.6 is 0 Å². The number of urea groups is 1. The number of hydrogen-bond donors (Lipinski definition) is 0. The zero-order valence-electron chi connectivity index (χ0n) is 15.9. The molecule has 1 atom stereocenters. The Morgan fingerprint density at radius 1 is 1.19 bits per heavy atom. The fourth-order valence-electron chi connectivity index (χ4n) is 4.02. The van der Waals surface area contributed by atoms with Crippen molar-refractivity contribution in [3.8, 4) is 0 Å². The van der Waals surface area contributed by atoms with E-state index in [1.54, 1.807) is 16.0 Å². The summed E-state index contributed by atoms with van der Waals surface area (Å²) in [5.74, 6) is 0.0974. The summed E-state index contributed by atoms with van der Waals surface area (Å²) in [5.41, 5.74) is 0.873. The largest absolute Gasteiger partial charge is 0.372 e. The molecule has 0 saturated carbocycles. The quantitative estimate of drug-likeness (QED) is 0.737. The number of nitrogens with zero attached hydrogens (tertiary/aromatic N) is 6. The summed E-state index contributed by atoms with van der Waals surface area (Å²) in [7, 11) is 1.82. The van der Waals surface area contributed by atoms with Crippen LogP contribution in [0, 0.1) is 0 Å². The molecule has 3 aliphatic heterocycles. The molecule has 4 heterocycles. The SMILES string of the molecule is CN1CCN(c2cnn(C3CCN(CCN4CCCOCC4=O)C3)c2)C1=O. The van der Waals surface area contributed by atoms with Crippen LogP contribution in [-0.4, -0.2) is 102 Å². The molecule has 3 aliphatic rings. The van der Waals surface area contributed by atoms with E-state index in [0.29, 0.717) is 19.2 Å². The number of amides is 3. The summed E-state index contributed by atoms with van der Waals surface area (Å²) in [4.78, 5) is 32.0. The van der Waals surface area contributed by atoms with Crippen LogP contribution < -0.4 is 4.90 Å². The van der Waals surface area contributed by atoms with E-state index in [2.05, 4.69) is 10.00 Å². The number of carbonyl (C=O) groups is 2. The van der Waals surface area contributed by atoms with Crippen LogP contribution in [0.3, 0.4) is 0 Å². The summed E-state index contributed by atoms with van der Waals surface area (Å²) in [6.45, 7) is 6.70. The fraction of sp³-hybridized carbons (Fsp3) is 0.722. The highest BCUT2D eigenvalue weighted by molar-refractivity contribution is 5.93. The molecule has 3 amide bonds. The lowest BCUT2D eigenvalue weighted by molar-refractivity contribution is -0.134. The maximum atomic E-state index is 12.1. The molecule has 148 valence electrons. The third-order valence-electron chi connectivity index (χ3n) is 5.72. The molecule has 3 fully saturated rings. The number of likely N-dealkylation sites (N-methyl/N-ethyl adjacent to an activating group) is 1. The van der Waals surface area contributed by atoms with Gasteiger partial charge in [-0.2, -0.15) is 5.10 Å². The third-order valence-corrected chi connectivity index (χ3v) is 5.72. The number of aromatic nitrogens is 2. The topological polar surface area (TPSA) is 74.2 Å². The molecule has 1 unspecified atom stereocenters. The van der Waals surface area contributed by atoms with Crippen molar-refractivity contribution in [3.63, 3.8) is 0 Å². The maximum Gasteiger partial charge on any atom is 0.324 e. The molecule has 0 aromatic carbocycles. The number of carbonyl (C=O) groups excluding carboxylic acids is 2. The van der Waals surface area contributed by atoms with Crippen molar-refractivity contribution in [3.05, 3.63) is 12.4 Å². The van der Waals surface area contributed by atoms with Crippen molar-refractivity contribution in [2.24, 2.45) is 0 Å². The van der Waals surface area contributed by atoms with E-state index in [1.807, 2.05) is 22.8 Å². The van der Waals surface area contributed by atoms with Crippen molar-refractivity contribution in [1.82, 2.24) is 24.5 Å². The zero-order valence-corrected chi connectivity index (χ0v) is 15.9. The van der Waals surface area contributed by atoms with Crippen LogP contribution in [0.1, 0.15) is 18.9 Å². The van der Waals surface area contributed by atoms with Crippen molar-refractivity contribution in [1.29, 1.82) is 0 Å². The molecular weight excluding hydrogens is 348 g/mol. The van der Waals surface area contributed by atoms with Crippen molar-refractivity contribution >= 4 is 17.6 Å². The zero-order chi connectivity index (χ0) is 18.8. The Hall–Kier alpha value is -2.13. The van der Waals surface area contributed by atoms with Crippen LogP contribution in [-0.2, 0) is 9.53 Å². The second-order valence-electron chi connectivity index (χ2n) is 7.56. The lowest BCUT2D eigenvalue weighted by Crippen LogP contribution is -2.39. The number of rotatable bonds is 5. The average Bonchev–Trinajstić information content (AvgIpc) is 3.35. The molecule has 4 rings (SSSR count). The highest BCUT2D eigenvalue weighted by Gasteiger charge is 2.30. The third kappa shape index (κ3) is 3.93. The van der Waals surface area contributed by atoms with Gasteiger partial charge in [-0.1, -0.05) is 0 Å². The van der Waals surface area contributed by atoms with Gasteiger partial charge >= 0.3 is 6.03 Å². The molecule has 1 aromatic heterocycles. The van der Waals surface area contributed by atoms with Gasteiger partial charge in [-0.05, 0) is 12.8 Å². The molecule has 3 saturated heterocycles. The monoisotopic (exact) mass is 376 g/mol. The van der Waals surface area contributed by atoms with Gasteiger partial charge in [0.05, 0.1) is 17.9 Å². The first-order chi connectivity index (χ1) is 13.1. The predicted octanol–water partition coefficient (Wildman–Crippen LogP) is 0.251. The summed E-state index contributed by atoms with van der Waals surface area (Å²) in [6, 6.07) is 0.353. The summed E-state index contributed by atoms with van der Waals surface area (Å²) >= 11 is 0. The standard InChI is InChI=1S/C18H28N6O3/c1-20-6-9-23(18(20)26)16-11-19-24(13-16)15-3-5-21(12-15)7-8-22-4-2-10-27-14-17(22)25/h11,13,15H,2-10,12,14H2,1H3. The smallest absolute Gasteiger partial charge is 0.324 e. The highest BCUT2D eigenvalue weighted by atomic mass is 16.5. The molecular formula is C18H28N6O3. The minimum Gasteiger partial charge on any atom is -0.372 e. The first kappa shape index (κ1) is 18.2. The number of hydrogen-bond acceptors (Lipinski definition) is 5. The Morgan fingerprint density at radius 3 is 2.89 bits per heavy atom. The van der Waals surface area contributed by atoms with E-state index < -0.39 is 0 Å². The second-order valence-corrected chi connectivity index (χ2v) is 7.56. The Labute approximate surface area is 159 Å². The van der Waals surface area contributed by atoms with Crippen molar-refractivity contribution in [2.45, 2.75) is 18.9 Å². The molecule has 0 N–H and O–H groups in total. The Morgan fingerprint density at radius 2 is 2.07 bits per heavy atom. The average molecular weight is 376 g/mol. The lowest BCUT2D eigenvalue weighted by atomic mass is 10.3. The first-order valence-electron chi connectivity index (χ1n) is 9.76. The fourth-order valence-corrected chi connectivity index (χ4v) is 4.02. The molecule has 0 aliphatic carbocycles.